The Hall–Kier alpha value is -2.16. The number of rotatable bonds is 6. The number of morpholine rings is 1. The molecular weight excluding hydrogens is 288 g/mol. The van der Waals surface area contributed by atoms with E-state index in [-0.39, 0.29) is 17.3 Å². The van der Waals surface area contributed by atoms with Crippen LogP contribution in [0.2, 0.25) is 0 Å². The van der Waals surface area contributed by atoms with Crippen LogP contribution in [0.15, 0.2) is 0 Å². The number of hydrogen-bond acceptors (Lipinski definition) is 8. The van der Waals surface area contributed by atoms with Gasteiger partial charge in [0.05, 0.1) is 18.1 Å². The molecule has 2 rings (SSSR count). The van der Waals surface area contributed by atoms with Crippen molar-refractivity contribution in [3.8, 4) is 0 Å². The quantitative estimate of drug-likeness (QED) is 0.595. The molecule has 0 spiro atoms. The lowest BCUT2D eigenvalue weighted by Crippen LogP contribution is -2.37. The monoisotopic (exact) mass is 310 g/mol. The van der Waals surface area contributed by atoms with Gasteiger partial charge in [-0.15, -0.1) is 0 Å². The third-order valence-corrected chi connectivity index (χ3v) is 3.39. The highest BCUT2D eigenvalue weighted by molar-refractivity contribution is 5.71. The Morgan fingerprint density at radius 3 is 2.68 bits per heavy atom. The van der Waals surface area contributed by atoms with Gasteiger partial charge >= 0.3 is 5.69 Å². The zero-order chi connectivity index (χ0) is 16.1. The minimum atomic E-state index is -0.530. The van der Waals surface area contributed by atoms with Crippen molar-refractivity contribution < 1.29 is 9.66 Å². The molecule has 0 radical (unpaired) electrons. The second-order valence-corrected chi connectivity index (χ2v) is 5.57. The number of nitrogen functional groups attached to an aromatic ring is 1. The summed E-state index contributed by atoms with van der Waals surface area (Å²) in [5.41, 5.74) is 5.53. The largest absolute Gasteiger partial charge is 0.378 e. The third kappa shape index (κ3) is 3.94. The van der Waals surface area contributed by atoms with Crippen molar-refractivity contribution in [3.63, 3.8) is 0 Å². The number of nitrogens with one attached hydrogen (secondary N) is 1. The standard InChI is InChI=1S/C13H22N6O3/c1-9(2)3-4-15-13-16-11(14)10(19(20)21)12(17-13)18-5-7-22-8-6-18/h9H,3-8H2,1-2H3,(H3,14,15,16,17). The fourth-order valence-corrected chi connectivity index (χ4v) is 2.18. The predicted molar refractivity (Wildman–Crippen MR) is 84.1 cm³/mol. The number of hydrogen-bond donors (Lipinski definition) is 2. The molecule has 1 aromatic heterocycles. The molecule has 0 amide bonds. The van der Waals surface area contributed by atoms with Crippen LogP contribution in [0, 0.1) is 16.0 Å². The third-order valence-electron chi connectivity index (χ3n) is 3.39. The summed E-state index contributed by atoms with van der Waals surface area (Å²) in [4.78, 5) is 20.9. The Bertz CT molecular complexity index is 531. The number of nitro groups is 1. The average molecular weight is 310 g/mol. The van der Waals surface area contributed by atoms with Crippen LogP contribution < -0.4 is 16.0 Å². The summed E-state index contributed by atoms with van der Waals surface area (Å²) in [5, 5.41) is 14.3. The van der Waals surface area contributed by atoms with Crippen LogP contribution in [0.4, 0.5) is 23.3 Å². The molecule has 9 nitrogen and oxygen atoms in total. The van der Waals surface area contributed by atoms with E-state index in [9.17, 15) is 10.1 Å². The Kier molecular flexibility index (Phi) is 5.31. The molecule has 22 heavy (non-hydrogen) atoms. The van der Waals surface area contributed by atoms with E-state index in [1.54, 1.807) is 0 Å². The first-order valence-electron chi connectivity index (χ1n) is 7.37. The first-order valence-corrected chi connectivity index (χ1v) is 7.37. The van der Waals surface area contributed by atoms with Crippen LogP contribution in [0.3, 0.4) is 0 Å². The van der Waals surface area contributed by atoms with Crippen molar-refractivity contribution >= 4 is 23.3 Å². The van der Waals surface area contributed by atoms with Crippen molar-refractivity contribution in [3.05, 3.63) is 10.1 Å². The fourth-order valence-electron chi connectivity index (χ4n) is 2.18. The molecule has 0 atom stereocenters. The summed E-state index contributed by atoms with van der Waals surface area (Å²) in [6, 6.07) is 0. The van der Waals surface area contributed by atoms with E-state index in [1.807, 2.05) is 4.90 Å². The first kappa shape index (κ1) is 16.2. The molecule has 0 bridgehead atoms. The Morgan fingerprint density at radius 2 is 2.09 bits per heavy atom. The van der Waals surface area contributed by atoms with Crippen LogP contribution in [0.5, 0.6) is 0 Å². The maximum Gasteiger partial charge on any atom is 0.353 e. The molecular formula is C13H22N6O3. The predicted octanol–water partition coefficient (Wildman–Crippen LogP) is 1.26. The minimum Gasteiger partial charge on any atom is -0.378 e. The second kappa shape index (κ2) is 7.21. The van der Waals surface area contributed by atoms with Gasteiger partial charge in [-0.25, -0.2) is 0 Å². The number of nitrogens with zero attached hydrogens (tertiary/aromatic N) is 4. The van der Waals surface area contributed by atoms with Crippen molar-refractivity contribution in [1.29, 1.82) is 0 Å². The van der Waals surface area contributed by atoms with Gasteiger partial charge in [-0.3, -0.25) is 10.1 Å². The van der Waals surface area contributed by atoms with E-state index in [4.69, 9.17) is 10.5 Å². The lowest BCUT2D eigenvalue weighted by atomic mass is 10.1. The van der Waals surface area contributed by atoms with Gasteiger partial charge < -0.3 is 20.7 Å². The van der Waals surface area contributed by atoms with Crippen molar-refractivity contribution in [2.75, 3.05) is 48.8 Å². The molecule has 9 heteroatoms. The molecule has 1 aliphatic heterocycles. The summed E-state index contributed by atoms with van der Waals surface area (Å²) in [5.74, 6) is 1.01. The van der Waals surface area contributed by atoms with Gasteiger partial charge in [0.25, 0.3) is 0 Å². The fraction of sp³-hybridized carbons (Fsp3) is 0.692. The van der Waals surface area contributed by atoms with Gasteiger partial charge in [0, 0.05) is 19.6 Å². The molecule has 1 aromatic rings. The van der Waals surface area contributed by atoms with E-state index >= 15 is 0 Å². The number of ether oxygens (including phenoxy) is 1. The molecule has 3 N–H and O–H groups in total. The number of nitrogens with two attached hydrogens (primary N) is 1. The molecule has 0 saturated carbocycles. The second-order valence-electron chi connectivity index (χ2n) is 5.57. The van der Waals surface area contributed by atoms with Gasteiger partial charge in [-0.2, -0.15) is 9.97 Å². The normalized spacial score (nSPS) is 15.1. The topological polar surface area (TPSA) is 119 Å². The lowest BCUT2D eigenvalue weighted by Gasteiger charge is -2.27. The molecule has 0 aromatic carbocycles. The van der Waals surface area contributed by atoms with Crippen molar-refractivity contribution in [2.24, 2.45) is 5.92 Å². The van der Waals surface area contributed by atoms with Gasteiger partial charge in [-0.1, -0.05) is 13.8 Å². The van der Waals surface area contributed by atoms with E-state index in [0.717, 1.165) is 6.42 Å². The minimum absolute atomic E-state index is 0.117. The van der Waals surface area contributed by atoms with Crippen LogP contribution in [-0.4, -0.2) is 47.7 Å². The van der Waals surface area contributed by atoms with Crippen LogP contribution in [0.25, 0.3) is 0 Å². The van der Waals surface area contributed by atoms with E-state index in [2.05, 4.69) is 29.1 Å². The van der Waals surface area contributed by atoms with Gasteiger partial charge in [0.1, 0.15) is 0 Å². The molecule has 1 saturated heterocycles. The first-order chi connectivity index (χ1) is 10.5. The van der Waals surface area contributed by atoms with Gasteiger partial charge in [0.15, 0.2) is 0 Å². The highest BCUT2D eigenvalue weighted by atomic mass is 16.6. The summed E-state index contributed by atoms with van der Waals surface area (Å²) >= 11 is 0. The summed E-state index contributed by atoms with van der Waals surface area (Å²) in [6.45, 7) is 7.04. The summed E-state index contributed by atoms with van der Waals surface area (Å²) in [7, 11) is 0. The molecule has 1 fully saturated rings. The van der Waals surface area contributed by atoms with E-state index in [0.29, 0.717) is 44.7 Å². The van der Waals surface area contributed by atoms with Crippen LogP contribution in [-0.2, 0) is 4.74 Å². The molecule has 122 valence electrons. The van der Waals surface area contributed by atoms with Gasteiger partial charge in [0.2, 0.25) is 17.6 Å². The maximum atomic E-state index is 11.3. The molecule has 0 aliphatic carbocycles. The van der Waals surface area contributed by atoms with E-state index < -0.39 is 4.92 Å². The Labute approximate surface area is 129 Å². The highest BCUT2D eigenvalue weighted by Gasteiger charge is 2.28. The molecule has 1 aliphatic rings. The number of aromatic nitrogens is 2. The summed E-state index contributed by atoms with van der Waals surface area (Å²) in [6.07, 6.45) is 0.952. The van der Waals surface area contributed by atoms with Gasteiger partial charge in [-0.05, 0) is 12.3 Å². The Morgan fingerprint density at radius 1 is 1.41 bits per heavy atom. The maximum absolute atomic E-state index is 11.3. The molecule has 2 heterocycles. The lowest BCUT2D eigenvalue weighted by molar-refractivity contribution is -0.383. The molecule has 0 unspecified atom stereocenters. The highest BCUT2D eigenvalue weighted by Crippen LogP contribution is 2.32. The smallest absolute Gasteiger partial charge is 0.353 e. The number of anilines is 3. The van der Waals surface area contributed by atoms with Crippen LogP contribution in [0.1, 0.15) is 20.3 Å². The SMILES string of the molecule is CC(C)CCNc1nc(N)c([N+](=O)[O-])c(N2CCOCC2)n1. The van der Waals surface area contributed by atoms with Crippen LogP contribution >= 0.6 is 0 Å². The zero-order valence-corrected chi connectivity index (χ0v) is 12.9. The van der Waals surface area contributed by atoms with E-state index in [1.165, 1.54) is 0 Å². The average Bonchev–Trinajstić information content (AvgIpc) is 2.46. The van der Waals surface area contributed by atoms with Crippen molar-refractivity contribution in [1.82, 2.24) is 9.97 Å². The van der Waals surface area contributed by atoms with Crippen molar-refractivity contribution in [2.45, 2.75) is 20.3 Å². The summed E-state index contributed by atoms with van der Waals surface area (Å²) < 4.78 is 5.27. The zero-order valence-electron chi connectivity index (χ0n) is 12.9. The Balaban J connectivity index is 2.26.